The van der Waals surface area contributed by atoms with Crippen LogP contribution < -0.4 is 5.32 Å². The largest absolute Gasteiger partial charge is 0.404 e. The van der Waals surface area contributed by atoms with Gasteiger partial charge in [0, 0.05) is 0 Å². The normalized spacial score (nSPS) is 34.8. The third-order valence-corrected chi connectivity index (χ3v) is 1.89. The van der Waals surface area contributed by atoms with Gasteiger partial charge in [0.2, 0.25) is 0 Å². The molecule has 1 aliphatic rings. The van der Waals surface area contributed by atoms with Crippen molar-refractivity contribution < 1.29 is 13.2 Å². The lowest BCUT2D eigenvalue weighted by atomic mass is 10.0. The Kier molecular flexibility index (Phi) is 1.90. The number of halogens is 3. The van der Waals surface area contributed by atoms with Gasteiger partial charge in [-0.15, -0.1) is 0 Å². The van der Waals surface area contributed by atoms with Crippen LogP contribution in [-0.4, -0.2) is 18.8 Å². The average Bonchev–Trinajstić information content (AvgIpc) is 2.11. The molecule has 0 amide bonds. The molecular weight excluding hydrogens is 143 g/mol. The van der Waals surface area contributed by atoms with Crippen molar-refractivity contribution >= 4 is 0 Å². The number of rotatable bonds is 0. The zero-order valence-electron chi connectivity index (χ0n) is 5.70. The zero-order chi connectivity index (χ0) is 7.78. The van der Waals surface area contributed by atoms with Gasteiger partial charge < -0.3 is 5.32 Å². The maximum Gasteiger partial charge on any atom is 0.404 e. The Morgan fingerprint density at radius 3 is 2.20 bits per heavy atom. The Hall–Kier alpha value is -0.250. The molecule has 1 aliphatic heterocycles. The highest BCUT2D eigenvalue weighted by molar-refractivity contribution is 4.86. The van der Waals surface area contributed by atoms with E-state index < -0.39 is 12.2 Å². The molecule has 10 heavy (non-hydrogen) atoms. The smallest absolute Gasteiger partial charge is 0.306 e. The SMILES string of the molecule is CC1CCNC1C(F)(F)F. The van der Waals surface area contributed by atoms with Crippen LogP contribution in [0.5, 0.6) is 0 Å². The van der Waals surface area contributed by atoms with Gasteiger partial charge in [-0.05, 0) is 18.9 Å². The van der Waals surface area contributed by atoms with E-state index in [1.165, 1.54) is 0 Å². The number of hydrogen-bond acceptors (Lipinski definition) is 1. The van der Waals surface area contributed by atoms with Crippen LogP contribution in [0.2, 0.25) is 0 Å². The molecule has 1 heterocycles. The summed E-state index contributed by atoms with van der Waals surface area (Å²) < 4.78 is 35.8. The first kappa shape index (κ1) is 7.85. The Balaban J connectivity index is 2.55. The average molecular weight is 153 g/mol. The number of nitrogens with one attached hydrogen (secondary N) is 1. The summed E-state index contributed by atoms with van der Waals surface area (Å²) in [5, 5.41) is 2.42. The van der Waals surface area contributed by atoms with Gasteiger partial charge in [0.1, 0.15) is 6.04 Å². The second kappa shape index (κ2) is 2.42. The third kappa shape index (κ3) is 1.42. The molecule has 2 unspecified atom stereocenters. The summed E-state index contributed by atoms with van der Waals surface area (Å²) in [7, 11) is 0. The van der Waals surface area contributed by atoms with E-state index >= 15 is 0 Å². The molecule has 0 aromatic heterocycles. The lowest BCUT2D eigenvalue weighted by molar-refractivity contribution is -0.159. The van der Waals surface area contributed by atoms with Crippen molar-refractivity contribution in [2.45, 2.75) is 25.6 Å². The minimum atomic E-state index is -4.06. The van der Waals surface area contributed by atoms with Crippen molar-refractivity contribution in [2.75, 3.05) is 6.54 Å². The predicted molar refractivity (Wildman–Crippen MR) is 31.6 cm³/mol. The Morgan fingerprint density at radius 1 is 1.40 bits per heavy atom. The van der Waals surface area contributed by atoms with Crippen molar-refractivity contribution in [1.29, 1.82) is 0 Å². The van der Waals surface area contributed by atoms with Crippen LogP contribution in [-0.2, 0) is 0 Å². The molecule has 0 aromatic carbocycles. The second-order valence-electron chi connectivity index (χ2n) is 2.74. The molecule has 1 fully saturated rings. The van der Waals surface area contributed by atoms with Gasteiger partial charge in [0.25, 0.3) is 0 Å². The summed E-state index contributed by atoms with van der Waals surface area (Å²) in [6, 6.07) is -1.27. The molecule has 0 bridgehead atoms. The molecule has 0 saturated carbocycles. The quantitative estimate of drug-likeness (QED) is 0.556. The van der Waals surface area contributed by atoms with E-state index in [0.717, 1.165) is 0 Å². The zero-order valence-corrected chi connectivity index (χ0v) is 5.70. The predicted octanol–water partition coefficient (Wildman–Crippen LogP) is 1.55. The second-order valence-corrected chi connectivity index (χ2v) is 2.74. The summed E-state index contributed by atoms with van der Waals surface area (Å²) in [6.07, 6.45) is -3.43. The molecule has 60 valence electrons. The van der Waals surface area contributed by atoms with Crippen LogP contribution in [0.15, 0.2) is 0 Å². The summed E-state index contributed by atoms with van der Waals surface area (Å²) in [5.74, 6) is -0.264. The fourth-order valence-electron chi connectivity index (χ4n) is 1.27. The summed E-state index contributed by atoms with van der Waals surface area (Å²) in [6.45, 7) is 2.11. The van der Waals surface area contributed by atoms with Gasteiger partial charge >= 0.3 is 6.18 Å². The molecule has 1 saturated heterocycles. The minimum absolute atomic E-state index is 0.264. The first-order chi connectivity index (χ1) is 4.52. The molecule has 4 heteroatoms. The Bertz CT molecular complexity index is 121. The summed E-state index contributed by atoms with van der Waals surface area (Å²) in [5.41, 5.74) is 0. The molecule has 0 spiro atoms. The van der Waals surface area contributed by atoms with E-state index in [2.05, 4.69) is 5.32 Å². The third-order valence-electron chi connectivity index (χ3n) is 1.89. The van der Waals surface area contributed by atoms with Crippen molar-refractivity contribution in [2.24, 2.45) is 5.92 Å². The number of alkyl halides is 3. The van der Waals surface area contributed by atoms with Crippen LogP contribution >= 0.6 is 0 Å². The minimum Gasteiger partial charge on any atom is -0.306 e. The first-order valence-electron chi connectivity index (χ1n) is 3.32. The molecule has 0 aromatic rings. The molecular formula is C6H10F3N. The van der Waals surface area contributed by atoms with Gasteiger partial charge in [-0.3, -0.25) is 0 Å². The number of hydrogen-bond donors (Lipinski definition) is 1. The van der Waals surface area contributed by atoms with E-state index in [4.69, 9.17) is 0 Å². The van der Waals surface area contributed by atoms with Crippen LogP contribution in [0.25, 0.3) is 0 Å². The molecule has 1 rings (SSSR count). The maximum absolute atomic E-state index is 11.9. The first-order valence-corrected chi connectivity index (χ1v) is 3.32. The molecule has 0 radical (unpaired) electrons. The lowest BCUT2D eigenvalue weighted by Gasteiger charge is -2.18. The van der Waals surface area contributed by atoms with Crippen molar-refractivity contribution in [3.05, 3.63) is 0 Å². The summed E-state index contributed by atoms with van der Waals surface area (Å²) in [4.78, 5) is 0. The molecule has 1 N–H and O–H groups in total. The van der Waals surface area contributed by atoms with E-state index in [1.54, 1.807) is 6.92 Å². The van der Waals surface area contributed by atoms with Crippen LogP contribution in [0.3, 0.4) is 0 Å². The van der Waals surface area contributed by atoms with Crippen molar-refractivity contribution in [3.8, 4) is 0 Å². The van der Waals surface area contributed by atoms with E-state index in [0.29, 0.717) is 13.0 Å². The maximum atomic E-state index is 11.9. The van der Waals surface area contributed by atoms with E-state index in [1.807, 2.05) is 0 Å². The van der Waals surface area contributed by atoms with Crippen LogP contribution in [0.4, 0.5) is 13.2 Å². The highest BCUT2D eigenvalue weighted by Crippen LogP contribution is 2.29. The van der Waals surface area contributed by atoms with Gasteiger partial charge in [-0.25, -0.2) is 0 Å². The van der Waals surface area contributed by atoms with Crippen molar-refractivity contribution in [3.63, 3.8) is 0 Å². The Morgan fingerprint density at radius 2 is 2.00 bits per heavy atom. The molecule has 1 nitrogen and oxygen atoms in total. The molecule has 2 atom stereocenters. The summed E-state index contributed by atoms with van der Waals surface area (Å²) >= 11 is 0. The fraction of sp³-hybridized carbons (Fsp3) is 1.00. The van der Waals surface area contributed by atoms with Gasteiger partial charge in [0.15, 0.2) is 0 Å². The van der Waals surface area contributed by atoms with Gasteiger partial charge in [0.05, 0.1) is 0 Å². The fourth-order valence-corrected chi connectivity index (χ4v) is 1.27. The Labute approximate surface area is 57.6 Å². The lowest BCUT2D eigenvalue weighted by Crippen LogP contribution is -2.40. The van der Waals surface area contributed by atoms with Crippen LogP contribution in [0.1, 0.15) is 13.3 Å². The highest BCUT2D eigenvalue weighted by Gasteiger charge is 2.44. The van der Waals surface area contributed by atoms with E-state index in [9.17, 15) is 13.2 Å². The monoisotopic (exact) mass is 153 g/mol. The van der Waals surface area contributed by atoms with Crippen LogP contribution in [0, 0.1) is 5.92 Å². The van der Waals surface area contributed by atoms with E-state index in [-0.39, 0.29) is 5.92 Å². The molecule has 0 aliphatic carbocycles. The highest BCUT2D eigenvalue weighted by atomic mass is 19.4. The van der Waals surface area contributed by atoms with Crippen molar-refractivity contribution in [1.82, 2.24) is 5.32 Å². The van der Waals surface area contributed by atoms with Gasteiger partial charge in [-0.2, -0.15) is 13.2 Å². The topological polar surface area (TPSA) is 12.0 Å². The standard InChI is InChI=1S/C6H10F3N/c1-4-2-3-10-5(4)6(7,8)9/h4-5,10H,2-3H2,1H3. The van der Waals surface area contributed by atoms with Gasteiger partial charge in [-0.1, -0.05) is 6.92 Å².